The number of rotatable bonds is 3. The summed E-state index contributed by atoms with van der Waals surface area (Å²) in [5, 5.41) is 0. The molecule has 2 unspecified atom stereocenters. The lowest BCUT2D eigenvalue weighted by atomic mass is 9.93. The lowest BCUT2D eigenvalue weighted by Gasteiger charge is -2.36. The second-order valence-electron chi connectivity index (χ2n) is 4.99. The van der Waals surface area contributed by atoms with Gasteiger partial charge in [-0.25, -0.2) is 0 Å². The summed E-state index contributed by atoms with van der Waals surface area (Å²) in [6, 6.07) is 3.64. The highest BCUT2D eigenvalue weighted by Gasteiger charge is 2.30. The van der Waals surface area contributed by atoms with Gasteiger partial charge in [0, 0.05) is 18.7 Å². The summed E-state index contributed by atoms with van der Waals surface area (Å²) in [6.07, 6.45) is 4.62. The summed E-state index contributed by atoms with van der Waals surface area (Å²) < 4.78 is 5.91. The number of hydrogen-bond donors (Lipinski definition) is 1. The van der Waals surface area contributed by atoms with Gasteiger partial charge in [0.2, 0.25) is 11.8 Å². The summed E-state index contributed by atoms with van der Waals surface area (Å²) in [4.78, 5) is 25.1. The molecule has 108 valence electrons. The van der Waals surface area contributed by atoms with Crippen molar-refractivity contribution in [2.24, 2.45) is 11.7 Å². The van der Waals surface area contributed by atoms with Gasteiger partial charge in [-0.1, -0.05) is 0 Å². The lowest BCUT2D eigenvalue weighted by Crippen LogP contribution is -2.48. The molecule has 2 amide bonds. The van der Waals surface area contributed by atoms with E-state index in [0.29, 0.717) is 17.0 Å². The van der Waals surface area contributed by atoms with Crippen LogP contribution in [0.25, 0.3) is 6.08 Å². The monoisotopic (exact) mass is 340 g/mol. The number of carbonyl (C=O) groups is 2. The van der Waals surface area contributed by atoms with E-state index in [9.17, 15) is 9.59 Å². The normalized spacial score (nSPS) is 23.2. The number of likely N-dealkylation sites (tertiary alicyclic amines) is 1. The van der Waals surface area contributed by atoms with E-state index in [4.69, 9.17) is 10.2 Å². The third-order valence-corrected chi connectivity index (χ3v) is 3.98. The molecule has 5 nitrogen and oxygen atoms in total. The first-order valence-electron chi connectivity index (χ1n) is 6.50. The van der Waals surface area contributed by atoms with Crippen LogP contribution in [0.5, 0.6) is 0 Å². The number of hydrogen-bond acceptors (Lipinski definition) is 3. The fraction of sp³-hybridized carbons (Fsp3) is 0.429. The van der Waals surface area contributed by atoms with E-state index in [1.54, 1.807) is 23.1 Å². The second-order valence-corrected chi connectivity index (χ2v) is 5.77. The number of amides is 2. The molecule has 2 atom stereocenters. The zero-order chi connectivity index (χ0) is 14.7. The molecule has 1 saturated heterocycles. The molecule has 2 N–H and O–H groups in total. The Bertz CT molecular complexity index is 538. The number of nitrogens with two attached hydrogens (primary N) is 1. The first-order valence-corrected chi connectivity index (χ1v) is 7.30. The smallest absolute Gasteiger partial charge is 0.246 e. The van der Waals surface area contributed by atoms with E-state index in [1.807, 2.05) is 6.92 Å². The maximum Gasteiger partial charge on any atom is 0.246 e. The predicted octanol–water partition coefficient (Wildman–Crippen LogP) is 2.17. The molecule has 1 aromatic heterocycles. The molecule has 0 spiro atoms. The summed E-state index contributed by atoms with van der Waals surface area (Å²) in [7, 11) is 0. The Kier molecular flexibility index (Phi) is 4.65. The van der Waals surface area contributed by atoms with E-state index in [0.717, 1.165) is 12.8 Å². The van der Waals surface area contributed by atoms with Crippen molar-refractivity contribution in [3.63, 3.8) is 0 Å². The summed E-state index contributed by atoms with van der Waals surface area (Å²) in [5.74, 6) is -0.118. The van der Waals surface area contributed by atoms with Crippen LogP contribution in [0.15, 0.2) is 27.3 Å². The Morgan fingerprint density at radius 1 is 1.45 bits per heavy atom. The van der Waals surface area contributed by atoms with Crippen molar-refractivity contribution >= 4 is 33.8 Å². The molecule has 6 heteroatoms. The molecule has 1 aliphatic rings. The zero-order valence-electron chi connectivity index (χ0n) is 11.2. The van der Waals surface area contributed by atoms with Crippen LogP contribution in [-0.2, 0) is 9.59 Å². The fourth-order valence-corrected chi connectivity index (χ4v) is 2.63. The van der Waals surface area contributed by atoms with Gasteiger partial charge in [-0.3, -0.25) is 9.59 Å². The fourth-order valence-electron chi connectivity index (χ4n) is 2.31. The Labute approximate surface area is 125 Å². The summed E-state index contributed by atoms with van der Waals surface area (Å²) in [5.41, 5.74) is 5.33. The highest BCUT2D eigenvalue weighted by atomic mass is 79.9. The molecule has 1 aliphatic heterocycles. The van der Waals surface area contributed by atoms with Gasteiger partial charge >= 0.3 is 0 Å². The highest BCUT2D eigenvalue weighted by Crippen LogP contribution is 2.22. The third kappa shape index (κ3) is 3.50. The average molecular weight is 341 g/mol. The maximum atomic E-state index is 12.2. The van der Waals surface area contributed by atoms with Crippen molar-refractivity contribution in [1.82, 2.24) is 4.90 Å². The Morgan fingerprint density at radius 3 is 2.80 bits per heavy atom. The van der Waals surface area contributed by atoms with Crippen LogP contribution in [0.1, 0.15) is 25.5 Å². The maximum absolute atomic E-state index is 12.2. The highest BCUT2D eigenvalue weighted by molar-refractivity contribution is 9.10. The van der Waals surface area contributed by atoms with Crippen LogP contribution in [0.4, 0.5) is 0 Å². The molecule has 0 radical (unpaired) electrons. The van der Waals surface area contributed by atoms with Gasteiger partial charge in [-0.2, -0.15) is 0 Å². The third-order valence-electron chi connectivity index (χ3n) is 3.55. The first kappa shape index (κ1) is 14.8. The van der Waals surface area contributed by atoms with Crippen molar-refractivity contribution in [3.05, 3.63) is 28.6 Å². The Balaban J connectivity index is 2.03. The van der Waals surface area contributed by atoms with Gasteiger partial charge in [-0.15, -0.1) is 0 Å². The molecule has 20 heavy (non-hydrogen) atoms. The second kappa shape index (κ2) is 6.26. The lowest BCUT2D eigenvalue weighted by molar-refractivity contribution is -0.133. The van der Waals surface area contributed by atoms with Crippen LogP contribution in [-0.4, -0.2) is 29.3 Å². The van der Waals surface area contributed by atoms with Gasteiger partial charge in [0.25, 0.3) is 0 Å². The number of halogens is 1. The number of furan rings is 1. The summed E-state index contributed by atoms with van der Waals surface area (Å²) in [6.45, 7) is 2.37. The molecule has 2 rings (SSSR count). The quantitative estimate of drug-likeness (QED) is 0.856. The topological polar surface area (TPSA) is 76.5 Å². The molecule has 1 aromatic rings. The van der Waals surface area contributed by atoms with Gasteiger partial charge in [-0.05, 0) is 53.9 Å². The Morgan fingerprint density at radius 2 is 2.20 bits per heavy atom. The zero-order valence-corrected chi connectivity index (χ0v) is 12.8. The van der Waals surface area contributed by atoms with E-state index in [-0.39, 0.29) is 23.8 Å². The predicted molar refractivity (Wildman–Crippen MR) is 78.5 cm³/mol. The molecule has 0 bridgehead atoms. The molecule has 0 aromatic carbocycles. The van der Waals surface area contributed by atoms with Crippen molar-refractivity contribution < 1.29 is 14.0 Å². The van der Waals surface area contributed by atoms with E-state index in [1.165, 1.54) is 6.08 Å². The average Bonchev–Trinajstić information content (AvgIpc) is 2.82. The van der Waals surface area contributed by atoms with Crippen LogP contribution in [0, 0.1) is 5.92 Å². The van der Waals surface area contributed by atoms with Crippen LogP contribution in [0.2, 0.25) is 0 Å². The van der Waals surface area contributed by atoms with Crippen LogP contribution >= 0.6 is 15.9 Å². The molecule has 0 saturated carbocycles. The van der Waals surface area contributed by atoms with Crippen molar-refractivity contribution in [1.29, 1.82) is 0 Å². The number of nitrogens with zero attached hydrogens (tertiary/aromatic N) is 1. The minimum Gasteiger partial charge on any atom is -0.450 e. The Hall–Kier alpha value is -1.56. The summed E-state index contributed by atoms with van der Waals surface area (Å²) >= 11 is 3.20. The SMILES string of the molecule is CC1CCC(C(N)=O)CN1C(=O)C=Cc1ccc(Br)o1. The van der Waals surface area contributed by atoms with Crippen molar-refractivity contribution in [2.45, 2.75) is 25.8 Å². The number of primary amides is 1. The van der Waals surface area contributed by atoms with Gasteiger partial charge in [0.15, 0.2) is 4.67 Å². The molecular weight excluding hydrogens is 324 g/mol. The molecule has 2 heterocycles. The van der Waals surface area contributed by atoms with Crippen molar-refractivity contribution in [3.8, 4) is 0 Å². The van der Waals surface area contributed by atoms with Crippen LogP contribution in [0.3, 0.4) is 0 Å². The van der Waals surface area contributed by atoms with E-state index in [2.05, 4.69) is 15.9 Å². The van der Waals surface area contributed by atoms with E-state index >= 15 is 0 Å². The number of piperidine rings is 1. The molecule has 1 fully saturated rings. The van der Waals surface area contributed by atoms with Gasteiger partial charge < -0.3 is 15.1 Å². The number of carbonyl (C=O) groups excluding carboxylic acids is 2. The van der Waals surface area contributed by atoms with Crippen molar-refractivity contribution in [2.75, 3.05) is 6.54 Å². The minimum absolute atomic E-state index is 0.117. The van der Waals surface area contributed by atoms with Crippen LogP contribution < -0.4 is 5.73 Å². The van der Waals surface area contributed by atoms with Gasteiger partial charge in [0.1, 0.15) is 5.76 Å². The molecular formula is C14H17BrN2O3. The largest absolute Gasteiger partial charge is 0.450 e. The first-order chi connectivity index (χ1) is 9.47. The molecule has 0 aliphatic carbocycles. The standard InChI is InChI=1S/C14H17BrN2O3/c1-9-2-3-10(14(16)19)8-17(9)13(18)7-5-11-4-6-12(15)20-11/h4-7,9-10H,2-3,8H2,1H3,(H2,16,19). The minimum atomic E-state index is -0.339. The van der Waals surface area contributed by atoms with Gasteiger partial charge in [0.05, 0.1) is 5.92 Å². The van der Waals surface area contributed by atoms with E-state index < -0.39 is 0 Å².